The van der Waals surface area contributed by atoms with Crippen LogP contribution in [0.2, 0.25) is 0 Å². The predicted octanol–water partition coefficient (Wildman–Crippen LogP) is 1.79. The first-order chi connectivity index (χ1) is 8.75. The topological polar surface area (TPSA) is 18.5 Å². The molecule has 0 bridgehead atoms. The van der Waals surface area contributed by atoms with E-state index in [1.807, 2.05) is 0 Å². The summed E-state index contributed by atoms with van der Waals surface area (Å²) >= 11 is 0. The molecule has 0 amide bonds. The quantitative estimate of drug-likeness (QED) is 0.728. The van der Waals surface area contributed by atoms with Crippen molar-refractivity contribution in [1.82, 2.24) is 15.1 Å². The summed E-state index contributed by atoms with van der Waals surface area (Å²) in [5.74, 6) is 0.969. The monoisotopic (exact) mass is 253 g/mol. The Balaban J connectivity index is 1.54. The third-order valence-electron chi connectivity index (χ3n) is 4.77. The van der Waals surface area contributed by atoms with Crippen molar-refractivity contribution in [2.45, 2.75) is 44.6 Å². The zero-order valence-electron chi connectivity index (χ0n) is 12.3. The molecular weight excluding hydrogens is 222 g/mol. The van der Waals surface area contributed by atoms with Crippen LogP contribution in [0.25, 0.3) is 0 Å². The third kappa shape index (κ3) is 4.52. The van der Waals surface area contributed by atoms with E-state index in [-0.39, 0.29) is 0 Å². The maximum atomic E-state index is 3.65. The van der Waals surface area contributed by atoms with E-state index in [4.69, 9.17) is 0 Å². The number of nitrogens with zero attached hydrogens (tertiary/aromatic N) is 2. The van der Waals surface area contributed by atoms with Gasteiger partial charge in [0.1, 0.15) is 0 Å². The van der Waals surface area contributed by atoms with Crippen LogP contribution in [-0.2, 0) is 0 Å². The van der Waals surface area contributed by atoms with E-state index >= 15 is 0 Å². The molecule has 0 radical (unpaired) electrons. The van der Waals surface area contributed by atoms with E-state index in [0.717, 1.165) is 18.5 Å². The van der Waals surface area contributed by atoms with Crippen LogP contribution >= 0.6 is 0 Å². The van der Waals surface area contributed by atoms with Crippen LogP contribution in [0.1, 0.15) is 38.5 Å². The highest BCUT2D eigenvalue weighted by Gasteiger charge is 2.20. The summed E-state index contributed by atoms with van der Waals surface area (Å²) in [5, 5.41) is 3.65. The number of hydrogen-bond acceptors (Lipinski definition) is 3. The Morgan fingerprint density at radius 2 is 1.94 bits per heavy atom. The van der Waals surface area contributed by atoms with Crippen molar-refractivity contribution in [2.75, 3.05) is 46.8 Å². The van der Waals surface area contributed by atoms with Gasteiger partial charge in [0.2, 0.25) is 0 Å². The first-order valence-corrected chi connectivity index (χ1v) is 7.85. The van der Waals surface area contributed by atoms with Crippen molar-refractivity contribution in [3.05, 3.63) is 0 Å². The first-order valence-electron chi connectivity index (χ1n) is 7.85. The zero-order chi connectivity index (χ0) is 12.8. The summed E-state index contributed by atoms with van der Waals surface area (Å²) in [6.07, 6.45) is 8.57. The minimum atomic E-state index is 0.775. The largest absolute Gasteiger partial charge is 0.315 e. The lowest BCUT2D eigenvalue weighted by Crippen LogP contribution is -2.46. The van der Waals surface area contributed by atoms with Gasteiger partial charge in [0.05, 0.1) is 0 Å². The molecule has 106 valence electrons. The van der Waals surface area contributed by atoms with Gasteiger partial charge in [-0.15, -0.1) is 0 Å². The molecule has 2 fully saturated rings. The summed E-state index contributed by atoms with van der Waals surface area (Å²) in [6, 6.07) is 0.775. The van der Waals surface area contributed by atoms with E-state index < -0.39 is 0 Å². The van der Waals surface area contributed by atoms with E-state index in [2.05, 4.69) is 29.2 Å². The van der Waals surface area contributed by atoms with Crippen LogP contribution in [-0.4, -0.2) is 62.7 Å². The van der Waals surface area contributed by atoms with Gasteiger partial charge in [-0.1, -0.05) is 12.8 Å². The molecule has 0 spiro atoms. The standard InChI is InChI=1S/C15H31N3/c1-17-10-5-8-15(13-17)18(2)11-9-16-12-14-6-3-4-7-14/h14-16H,3-13H2,1-2H3. The Morgan fingerprint density at radius 1 is 1.17 bits per heavy atom. The van der Waals surface area contributed by atoms with Crippen molar-refractivity contribution in [3.63, 3.8) is 0 Å². The van der Waals surface area contributed by atoms with E-state index in [1.54, 1.807) is 0 Å². The molecule has 1 N–H and O–H groups in total. The van der Waals surface area contributed by atoms with Gasteiger partial charge in [0.25, 0.3) is 0 Å². The zero-order valence-corrected chi connectivity index (χ0v) is 12.3. The fourth-order valence-electron chi connectivity index (χ4n) is 3.46. The number of hydrogen-bond donors (Lipinski definition) is 1. The van der Waals surface area contributed by atoms with Gasteiger partial charge in [0.15, 0.2) is 0 Å². The van der Waals surface area contributed by atoms with E-state index in [0.29, 0.717) is 0 Å². The number of nitrogens with one attached hydrogen (secondary N) is 1. The average Bonchev–Trinajstić information content (AvgIpc) is 2.87. The van der Waals surface area contributed by atoms with Gasteiger partial charge in [-0.05, 0) is 58.8 Å². The molecule has 0 aromatic carbocycles. The van der Waals surface area contributed by atoms with Crippen LogP contribution in [0.15, 0.2) is 0 Å². The van der Waals surface area contributed by atoms with Gasteiger partial charge in [0, 0.05) is 25.7 Å². The molecule has 3 heteroatoms. The molecule has 1 unspecified atom stereocenters. The predicted molar refractivity (Wildman–Crippen MR) is 78.0 cm³/mol. The number of rotatable bonds is 6. The maximum Gasteiger partial charge on any atom is 0.0221 e. The fourth-order valence-corrected chi connectivity index (χ4v) is 3.46. The molecule has 1 heterocycles. The molecule has 0 aromatic rings. The Labute approximate surface area is 113 Å². The summed E-state index contributed by atoms with van der Waals surface area (Å²) < 4.78 is 0. The smallest absolute Gasteiger partial charge is 0.0221 e. The molecule has 1 aliphatic heterocycles. The fraction of sp³-hybridized carbons (Fsp3) is 1.00. The second kappa shape index (κ2) is 7.46. The van der Waals surface area contributed by atoms with Crippen molar-refractivity contribution >= 4 is 0 Å². The Kier molecular flexibility index (Phi) is 5.93. The first kappa shape index (κ1) is 14.3. The molecule has 18 heavy (non-hydrogen) atoms. The van der Waals surface area contributed by atoms with Crippen LogP contribution < -0.4 is 5.32 Å². The van der Waals surface area contributed by atoms with Gasteiger partial charge in [-0.25, -0.2) is 0 Å². The normalized spacial score (nSPS) is 27.2. The highest BCUT2D eigenvalue weighted by atomic mass is 15.2. The molecule has 1 saturated heterocycles. The summed E-state index contributed by atoms with van der Waals surface area (Å²) in [5.41, 5.74) is 0. The second-order valence-electron chi connectivity index (χ2n) is 6.39. The third-order valence-corrected chi connectivity index (χ3v) is 4.77. The summed E-state index contributed by atoms with van der Waals surface area (Å²) in [6.45, 7) is 6.14. The molecule has 0 aromatic heterocycles. The van der Waals surface area contributed by atoms with E-state index in [9.17, 15) is 0 Å². The molecule has 1 saturated carbocycles. The molecule has 2 rings (SSSR count). The average molecular weight is 253 g/mol. The SMILES string of the molecule is CN1CCCC(N(C)CCNCC2CCCC2)C1. The lowest BCUT2D eigenvalue weighted by Gasteiger charge is -2.36. The molecule has 3 nitrogen and oxygen atoms in total. The number of piperidine rings is 1. The molecule has 2 aliphatic rings. The number of likely N-dealkylation sites (tertiary alicyclic amines) is 1. The van der Waals surface area contributed by atoms with Gasteiger partial charge in [-0.3, -0.25) is 0 Å². The summed E-state index contributed by atoms with van der Waals surface area (Å²) in [7, 11) is 4.54. The van der Waals surface area contributed by atoms with Crippen molar-refractivity contribution < 1.29 is 0 Å². The van der Waals surface area contributed by atoms with E-state index in [1.165, 1.54) is 64.7 Å². The van der Waals surface area contributed by atoms with Gasteiger partial charge in [-0.2, -0.15) is 0 Å². The highest BCUT2D eigenvalue weighted by Crippen LogP contribution is 2.23. The van der Waals surface area contributed by atoms with Crippen molar-refractivity contribution in [2.24, 2.45) is 5.92 Å². The number of likely N-dealkylation sites (N-methyl/N-ethyl adjacent to an activating group) is 2. The lowest BCUT2D eigenvalue weighted by atomic mass is 10.1. The van der Waals surface area contributed by atoms with Crippen LogP contribution in [0, 0.1) is 5.92 Å². The Bertz CT molecular complexity index is 226. The van der Waals surface area contributed by atoms with Crippen molar-refractivity contribution in [1.29, 1.82) is 0 Å². The molecule has 1 aliphatic carbocycles. The molecule has 1 atom stereocenters. The Hall–Kier alpha value is -0.120. The van der Waals surface area contributed by atoms with Crippen LogP contribution in [0.4, 0.5) is 0 Å². The Morgan fingerprint density at radius 3 is 2.67 bits per heavy atom. The second-order valence-corrected chi connectivity index (χ2v) is 6.39. The summed E-state index contributed by atoms with van der Waals surface area (Å²) in [4.78, 5) is 5.02. The lowest BCUT2D eigenvalue weighted by molar-refractivity contribution is 0.135. The van der Waals surface area contributed by atoms with Crippen molar-refractivity contribution in [3.8, 4) is 0 Å². The minimum absolute atomic E-state index is 0.775. The van der Waals surface area contributed by atoms with Gasteiger partial charge >= 0.3 is 0 Å². The molecular formula is C15H31N3. The minimum Gasteiger partial charge on any atom is -0.315 e. The van der Waals surface area contributed by atoms with Crippen LogP contribution in [0.3, 0.4) is 0 Å². The highest BCUT2D eigenvalue weighted by molar-refractivity contribution is 4.78. The van der Waals surface area contributed by atoms with Gasteiger partial charge < -0.3 is 15.1 Å². The maximum absolute atomic E-state index is 3.65. The van der Waals surface area contributed by atoms with Crippen LogP contribution in [0.5, 0.6) is 0 Å².